The van der Waals surface area contributed by atoms with Gasteiger partial charge < -0.3 is 5.32 Å². The van der Waals surface area contributed by atoms with E-state index in [0.29, 0.717) is 5.54 Å². The van der Waals surface area contributed by atoms with E-state index in [-0.39, 0.29) is 0 Å². The van der Waals surface area contributed by atoms with Crippen LogP contribution in [0.3, 0.4) is 0 Å². The van der Waals surface area contributed by atoms with Crippen LogP contribution in [0.5, 0.6) is 0 Å². The predicted octanol–water partition coefficient (Wildman–Crippen LogP) is 3.99. The minimum Gasteiger partial charge on any atom is -0.307 e. The van der Waals surface area contributed by atoms with Crippen molar-refractivity contribution in [3.8, 4) is 0 Å². The van der Waals surface area contributed by atoms with Crippen LogP contribution in [0.2, 0.25) is 0 Å². The van der Waals surface area contributed by atoms with E-state index in [2.05, 4.69) is 36.5 Å². The second-order valence-electron chi connectivity index (χ2n) is 6.14. The van der Waals surface area contributed by atoms with Gasteiger partial charge in [0.05, 0.1) is 0 Å². The lowest BCUT2D eigenvalue weighted by Crippen LogP contribution is -2.38. The van der Waals surface area contributed by atoms with Crippen LogP contribution in [-0.4, -0.2) is 5.54 Å². The van der Waals surface area contributed by atoms with Crippen molar-refractivity contribution in [2.45, 2.75) is 63.5 Å². The van der Waals surface area contributed by atoms with E-state index in [1.165, 1.54) is 44.1 Å². The lowest BCUT2D eigenvalue weighted by Gasteiger charge is -2.25. The fraction of sp³-hybridized carbons (Fsp3) is 0.625. The molecular formula is C16H23N. The van der Waals surface area contributed by atoms with Crippen LogP contribution in [0.1, 0.15) is 62.5 Å². The van der Waals surface area contributed by atoms with Crippen LogP contribution in [0.4, 0.5) is 0 Å². The Morgan fingerprint density at radius 3 is 2.71 bits per heavy atom. The van der Waals surface area contributed by atoms with Crippen LogP contribution in [0, 0.1) is 0 Å². The third-order valence-electron chi connectivity index (χ3n) is 4.43. The van der Waals surface area contributed by atoms with Crippen molar-refractivity contribution in [3.05, 3.63) is 35.4 Å². The summed E-state index contributed by atoms with van der Waals surface area (Å²) in [4.78, 5) is 0. The Bertz CT molecular complexity index is 386. The summed E-state index contributed by atoms with van der Waals surface area (Å²) >= 11 is 0. The molecule has 0 bridgehead atoms. The molecule has 2 saturated carbocycles. The molecule has 1 N–H and O–H groups in total. The molecule has 1 nitrogen and oxygen atoms in total. The SMILES string of the molecule is CC1(NCc2cccc(C3CC3)c2)CCCC1. The van der Waals surface area contributed by atoms with Gasteiger partial charge in [0.15, 0.2) is 0 Å². The van der Waals surface area contributed by atoms with Crippen LogP contribution in [0.25, 0.3) is 0 Å². The molecule has 1 aromatic rings. The maximum absolute atomic E-state index is 3.76. The average Bonchev–Trinajstić information content (AvgIpc) is 3.11. The van der Waals surface area contributed by atoms with E-state index in [9.17, 15) is 0 Å². The molecule has 0 unspecified atom stereocenters. The van der Waals surface area contributed by atoms with Crippen LogP contribution < -0.4 is 5.32 Å². The largest absolute Gasteiger partial charge is 0.307 e. The Labute approximate surface area is 105 Å². The smallest absolute Gasteiger partial charge is 0.0210 e. The average molecular weight is 229 g/mol. The van der Waals surface area contributed by atoms with Gasteiger partial charge in [0, 0.05) is 12.1 Å². The van der Waals surface area contributed by atoms with E-state index in [1.807, 2.05) is 0 Å². The molecule has 2 aliphatic rings. The highest BCUT2D eigenvalue weighted by Crippen LogP contribution is 2.40. The molecular weight excluding hydrogens is 206 g/mol. The second kappa shape index (κ2) is 4.45. The van der Waals surface area contributed by atoms with Gasteiger partial charge in [-0.25, -0.2) is 0 Å². The fourth-order valence-corrected chi connectivity index (χ4v) is 3.02. The maximum atomic E-state index is 3.76. The summed E-state index contributed by atoms with van der Waals surface area (Å²) in [5.41, 5.74) is 3.42. The molecule has 0 aliphatic heterocycles. The minimum atomic E-state index is 0.398. The molecule has 0 spiro atoms. The van der Waals surface area contributed by atoms with Gasteiger partial charge in [-0.2, -0.15) is 0 Å². The van der Waals surface area contributed by atoms with Crippen molar-refractivity contribution < 1.29 is 0 Å². The van der Waals surface area contributed by atoms with Gasteiger partial charge in [-0.15, -0.1) is 0 Å². The lowest BCUT2D eigenvalue weighted by molar-refractivity contribution is 0.362. The van der Waals surface area contributed by atoms with Gasteiger partial charge >= 0.3 is 0 Å². The van der Waals surface area contributed by atoms with Crippen LogP contribution in [0.15, 0.2) is 24.3 Å². The summed E-state index contributed by atoms with van der Waals surface area (Å²) in [6.07, 6.45) is 8.27. The van der Waals surface area contributed by atoms with Gasteiger partial charge in [0.1, 0.15) is 0 Å². The summed E-state index contributed by atoms with van der Waals surface area (Å²) in [7, 11) is 0. The van der Waals surface area contributed by atoms with Crippen LogP contribution in [-0.2, 0) is 6.54 Å². The Morgan fingerprint density at radius 1 is 1.24 bits per heavy atom. The lowest BCUT2D eigenvalue weighted by atomic mass is 10.00. The Morgan fingerprint density at radius 2 is 2.00 bits per heavy atom. The topological polar surface area (TPSA) is 12.0 Å². The third-order valence-corrected chi connectivity index (χ3v) is 4.43. The van der Waals surface area contributed by atoms with Crippen molar-refractivity contribution in [2.24, 2.45) is 0 Å². The molecule has 0 atom stereocenters. The monoisotopic (exact) mass is 229 g/mol. The van der Waals surface area contributed by atoms with E-state index in [1.54, 1.807) is 5.56 Å². The van der Waals surface area contributed by atoms with Crippen molar-refractivity contribution in [1.29, 1.82) is 0 Å². The summed E-state index contributed by atoms with van der Waals surface area (Å²) in [5.74, 6) is 0.872. The normalized spacial score (nSPS) is 22.9. The van der Waals surface area contributed by atoms with Gasteiger partial charge in [-0.3, -0.25) is 0 Å². The van der Waals surface area contributed by atoms with Gasteiger partial charge in [-0.05, 0) is 49.7 Å². The molecule has 0 amide bonds. The molecule has 3 rings (SSSR count). The predicted molar refractivity (Wildman–Crippen MR) is 72.1 cm³/mol. The molecule has 1 aromatic carbocycles. The zero-order valence-electron chi connectivity index (χ0n) is 10.8. The van der Waals surface area contributed by atoms with Crippen molar-refractivity contribution in [3.63, 3.8) is 0 Å². The first kappa shape index (κ1) is 11.3. The van der Waals surface area contributed by atoms with Crippen molar-refractivity contribution in [1.82, 2.24) is 5.32 Å². The number of nitrogens with one attached hydrogen (secondary N) is 1. The molecule has 2 aliphatic carbocycles. The first-order chi connectivity index (χ1) is 8.25. The number of hydrogen-bond acceptors (Lipinski definition) is 1. The first-order valence-electron chi connectivity index (χ1n) is 7.09. The molecule has 0 saturated heterocycles. The fourth-order valence-electron chi connectivity index (χ4n) is 3.02. The highest BCUT2D eigenvalue weighted by molar-refractivity contribution is 5.29. The highest BCUT2D eigenvalue weighted by atomic mass is 15.0. The molecule has 92 valence electrons. The van der Waals surface area contributed by atoms with Gasteiger partial charge in [-0.1, -0.05) is 37.1 Å². The Kier molecular flexibility index (Phi) is 2.96. The summed E-state index contributed by atoms with van der Waals surface area (Å²) in [6.45, 7) is 3.42. The number of hydrogen-bond donors (Lipinski definition) is 1. The zero-order chi connectivity index (χ0) is 11.7. The minimum absolute atomic E-state index is 0.398. The molecule has 0 radical (unpaired) electrons. The molecule has 0 heterocycles. The summed E-state index contributed by atoms with van der Waals surface area (Å²) in [5, 5.41) is 3.76. The Hall–Kier alpha value is -0.820. The summed E-state index contributed by atoms with van der Waals surface area (Å²) < 4.78 is 0. The third kappa shape index (κ3) is 2.71. The standard InChI is InChI=1S/C16H23N/c1-16(9-2-3-10-16)17-12-13-5-4-6-15(11-13)14-7-8-14/h4-6,11,14,17H,2-3,7-10,12H2,1H3. The van der Waals surface area contributed by atoms with E-state index in [4.69, 9.17) is 0 Å². The van der Waals surface area contributed by atoms with Gasteiger partial charge in [0.25, 0.3) is 0 Å². The van der Waals surface area contributed by atoms with Crippen molar-refractivity contribution >= 4 is 0 Å². The zero-order valence-corrected chi connectivity index (χ0v) is 10.8. The molecule has 0 aromatic heterocycles. The van der Waals surface area contributed by atoms with Gasteiger partial charge in [0.2, 0.25) is 0 Å². The van der Waals surface area contributed by atoms with E-state index in [0.717, 1.165) is 12.5 Å². The number of rotatable bonds is 4. The molecule has 1 heteroatoms. The second-order valence-corrected chi connectivity index (χ2v) is 6.14. The van der Waals surface area contributed by atoms with Crippen molar-refractivity contribution in [2.75, 3.05) is 0 Å². The molecule has 17 heavy (non-hydrogen) atoms. The quantitative estimate of drug-likeness (QED) is 0.823. The highest BCUT2D eigenvalue weighted by Gasteiger charge is 2.28. The summed E-state index contributed by atoms with van der Waals surface area (Å²) in [6, 6.07) is 9.18. The van der Waals surface area contributed by atoms with E-state index < -0.39 is 0 Å². The van der Waals surface area contributed by atoms with Crippen LogP contribution >= 0.6 is 0 Å². The number of benzene rings is 1. The molecule has 2 fully saturated rings. The first-order valence-corrected chi connectivity index (χ1v) is 7.09. The Balaban J connectivity index is 1.62. The maximum Gasteiger partial charge on any atom is 0.0210 e. The van der Waals surface area contributed by atoms with E-state index >= 15 is 0 Å².